The SMILES string of the molecule is O=C(O)C1CCCCCN1C(=O)NC1CC2CCC1O2. The number of hydrogen-bond acceptors (Lipinski definition) is 3. The van der Waals surface area contributed by atoms with Crippen LogP contribution in [-0.4, -0.2) is 52.8 Å². The lowest BCUT2D eigenvalue weighted by molar-refractivity contribution is -0.142. The molecule has 2 N–H and O–H groups in total. The Balaban J connectivity index is 1.63. The highest BCUT2D eigenvalue weighted by Gasteiger charge is 2.42. The molecule has 112 valence electrons. The summed E-state index contributed by atoms with van der Waals surface area (Å²) in [6, 6.07) is -0.864. The number of nitrogens with zero attached hydrogens (tertiary/aromatic N) is 1. The maximum atomic E-state index is 12.4. The monoisotopic (exact) mass is 282 g/mol. The van der Waals surface area contributed by atoms with Crippen LogP contribution in [0.5, 0.6) is 0 Å². The zero-order chi connectivity index (χ0) is 14.1. The van der Waals surface area contributed by atoms with Crippen LogP contribution in [0.4, 0.5) is 4.79 Å². The van der Waals surface area contributed by atoms with Crippen LogP contribution in [0.3, 0.4) is 0 Å². The van der Waals surface area contributed by atoms with E-state index in [4.69, 9.17) is 4.74 Å². The van der Waals surface area contributed by atoms with E-state index in [0.29, 0.717) is 13.0 Å². The second-order valence-electron chi connectivity index (χ2n) is 6.06. The number of urea groups is 1. The van der Waals surface area contributed by atoms with E-state index < -0.39 is 12.0 Å². The number of amides is 2. The van der Waals surface area contributed by atoms with E-state index >= 15 is 0 Å². The lowest BCUT2D eigenvalue weighted by Gasteiger charge is -2.30. The van der Waals surface area contributed by atoms with Crippen molar-refractivity contribution < 1.29 is 19.4 Å². The molecular weight excluding hydrogens is 260 g/mol. The van der Waals surface area contributed by atoms with Crippen LogP contribution in [0, 0.1) is 0 Å². The maximum absolute atomic E-state index is 12.4. The molecule has 3 heterocycles. The molecule has 0 radical (unpaired) electrons. The van der Waals surface area contributed by atoms with Gasteiger partial charge in [0.15, 0.2) is 0 Å². The molecule has 3 rings (SSSR count). The Morgan fingerprint density at radius 2 is 2.00 bits per heavy atom. The summed E-state index contributed by atoms with van der Waals surface area (Å²) in [6.45, 7) is 0.532. The van der Waals surface area contributed by atoms with E-state index in [2.05, 4.69) is 5.32 Å². The molecule has 0 aromatic carbocycles. The standard InChI is InChI=1S/C14H22N2O4/c17-13(18)11-4-2-1-3-7-16(11)14(19)15-10-8-9-5-6-12(10)20-9/h9-12H,1-8H2,(H,15,19)(H,17,18). The largest absolute Gasteiger partial charge is 0.480 e. The molecule has 6 heteroatoms. The Morgan fingerprint density at radius 3 is 2.65 bits per heavy atom. The summed E-state index contributed by atoms with van der Waals surface area (Å²) in [4.78, 5) is 25.2. The fraction of sp³-hybridized carbons (Fsp3) is 0.857. The summed E-state index contributed by atoms with van der Waals surface area (Å²) >= 11 is 0. The zero-order valence-corrected chi connectivity index (χ0v) is 11.6. The van der Waals surface area contributed by atoms with Crippen LogP contribution in [0.1, 0.15) is 44.9 Å². The molecule has 3 saturated heterocycles. The number of nitrogens with one attached hydrogen (secondary N) is 1. The van der Waals surface area contributed by atoms with Crippen LogP contribution >= 0.6 is 0 Å². The van der Waals surface area contributed by atoms with E-state index in [-0.39, 0.29) is 24.3 Å². The van der Waals surface area contributed by atoms with E-state index in [1.54, 1.807) is 0 Å². The molecule has 0 aliphatic carbocycles. The van der Waals surface area contributed by atoms with Gasteiger partial charge in [0.2, 0.25) is 0 Å². The van der Waals surface area contributed by atoms with Crippen molar-refractivity contribution in [1.29, 1.82) is 0 Å². The molecule has 3 aliphatic rings. The number of carboxylic acid groups (broad SMARTS) is 1. The van der Waals surface area contributed by atoms with Gasteiger partial charge in [0, 0.05) is 6.54 Å². The molecule has 4 atom stereocenters. The molecule has 3 aliphatic heterocycles. The van der Waals surface area contributed by atoms with Crippen LogP contribution in [0.2, 0.25) is 0 Å². The molecule has 0 aromatic heterocycles. The Kier molecular flexibility index (Phi) is 3.83. The lowest BCUT2D eigenvalue weighted by Crippen LogP contribution is -2.53. The minimum Gasteiger partial charge on any atom is -0.480 e. The third-order valence-corrected chi connectivity index (χ3v) is 4.71. The summed E-state index contributed by atoms with van der Waals surface area (Å²) in [7, 11) is 0. The van der Waals surface area contributed by atoms with Gasteiger partial charge in [-0.25, -0.2) is 9.59 Å². The lowest BCUT2D eigenvalue weighted by atomic mass is 9.96. The number of carboxylic acids is 1. The number of aliphatic carboxylic acids is 1. The second-order valence-corrected chi connectivity index (χ2v) is 6.06. The van der Waals surface area contributed by atoms with Gasteiger partial charge in [-0.2, -0.15) is 0 Å². The molecule has 3 fully saturated rings. The van der Waals surface area contributed by atoms with Crippen molar-refractivity contribution in [2.24, 2.45) is 0 Å². The summed E-state index contributed by atoms with van der Waals surface area (Å²) in [5.74, 6) is -0.897. The van der Waals surface area contributed by atoms with Crippen LogP contribution in [0.25, 0.3) is 0 Å². The van der Waals surface area contributed by atoms with Crippen molar-refractivity contribution >= 4 is 12.0 Å². The van der Waals surface area contributed by atoms with Gasteiger partial charge in [0.25, 0.3) is 0 Å². The van der Waals surface area contributed by atoms with Crippen LogP contribution < -0.4 is 5.32 Å². The van der Waals surface area contributed by atoms with Crippen molar-refractivity contribution in [3.63, 3.8) is 0 Å². The first kappa shape index (κ1) is 13.7. The average Bonchev–Trinajstić information content (AvgIpc) is 2.92. The minimum absolute atomic E-state index is 0.0546. The van der Waals surface area contributed by atoms with E-state index in [9.17, 15) is 14.7 Å². The third kappa shape index (κ3) is 2.61. The van der Waals surface area contributed by atoms with Crippen LogP contribution in [-0.2, 0) is 9.53 Å². The number of fused-ring (bicyclic) bond motifs is 2. The Labute approximate surface area is 118 Å². The molecule has 0 aromatic rings. The Morgan fingerprint density at radius 1 is 1.15 bits per heavy atom. The molecular formula is C14H22N2O4. The van der Waals surface area contributed by atoms with E-state index in [1.807, 2.05) is 0 Å². The van der Waals surface area contributed by atoms with Crippen LogP contribution in [0.15, 0.2) is 0 Å². The highest BCUT2D eigenvalue weighted by molar-refractivity contribution is 5.83. The van der Waals surface area contributed by atoms with Crippen molar-refractivity contribution in [2.75, 3.05) is 6.54 Å². The number of carbonyl (C=O) groups is 2. The van der Waals surface area contributed by atoms with Crippen molar-refractivity contribution in [3.05, 3.63) is 0 Å². The van der Waals surface area contributed by atoms with Gasteiger partial charge in [-0.15, -0.1) is 0 Å². The van der Waals surface area contributed by atoms with E-state index in [1.165, 1.54) is 4.90 Å². The van der Waals surface area contributed by atoms with Gasteiger partial charge in [0.05, 0.1) is 18.2 Å². The number of carbonyl (C=O) groups excluding carboxylic acids is 1. The topological polar surface area (TPSA) is 78.9 Å². The van der Waals surface area contributed by atoms with Gasteiger partial charge < -0.3 is 20.1 Å². The molecule has 6 nitrogen and oxygen atoms in total. The van der Waals surface area contributed by atoms with Gasteiger partial charge in [-0.3, -0.25) is 0 Å². The maximum Gasteiger partial charge on any atom is 0.326 e. The number of hydrogen-bond donors (Lipinski definition) is 2. The molecule has 0 spiro atoms. The molecule has 2 bridgehead atoms. The summed E-state index contributed by atoms with van der Waals surface area (Å²) in [5.41, 5.74) is 0. The van der Waals surface area contributed by atoms with Gasteiger partial charge in [-0.05, 0) is 32.1 Å². The molecule has 4 unspecified atom stereocenters. The summed E-state index contributed by atoms with van der Waals surface area (Å²) < 4.78 is 5.72. The second kappa shape index (κ2) is 5.60. The molecule has 0 saturated carbocycles. The first-order valence-electron chi connectivity index (χ1n) is 7.60. The normalized spacial score (nSPS) is 36.7. The van der Waals surface area contributed by atoms with E-state index in [0.717, 1.165) is 38.5 Å². The van der Waals surface area contributed by atoms with Gasteiger partial charge in [-0.1, -0.05) is 12.8 Å². The van der Waals surface area contributed by atoms with Crippen molar-refractivity contribution in [3.8, 4) is 0 Å². The fourth-order valence-electron chi connectivity index (χ4n) is 3.64. The Hall–Kier alpha value is -1.30. The zero-order valence-electron chi connectivity index (χ0n) is 11.6. The molecule has 20 heavy (non-hydrogen) atoms. The highest BCUT2D eigenvalue weighted by Crippen LogP contribution is 2.34. The number of ether oxygens (including phenoxy) is 1. The third-order valence-electron chi connectivity index (χ3n) is 4.71. The fourth-order valence-corrected chi connectivity index (χ4v) is 3.64. The first-order chi connectivity index (χ1) is 9.65. The quantitative estimate of drug-likeness (QED) is 0.801. The predicted octanol–water partition coefficient (Wildman–Crippen LogP) is 1.35. The highest BCUT2D eigenvalue weighted by atomic mass is 16.5. The Bertz CT molecular complexity index is 401. The van der Waals surface area contributed by atoms with Crippen molar-refractivity contribution in [1.82, 2.24) is 10.2 Å². The predicted molar refractivity (Wildman–Crippen MR) is 71.4 cm³/mol. The smallest absolute Gasteiger partial charge is 0.326 e. The van der Waals surface area contributed by atoms with Gasteiger partial charge >= 0.3 is 12.0 Å². The summed E-state index contributed by atoms with van der Waals surface area (Å²) in [5, 5.41) is 12.3. The van der Waals surface area contributed by atoms with Crippen molar-refractivity contribution in [2.45, 2.75) is 69.2 Å². The molecule has 2 amide bonds. The first-order valence-corrected chi connectivity index (χ1v) is 7.60. The number of likely N-dealkylation sites (tertiary alicyclic amines) is 1. The van der Waals surface area contributed by atoms with Gasteiger partial charge in [0.1, 0.15) is 6.04 Å². The minimum atomic E-state index is -0.897. The average molecular weight is 282 g/mol. The summed E-state index contributed by atoms with van der Waals surface area (Å²) in [6.07, 6.45) is 6.64. The number of rotatable bonds is 2.